The van der Waals surface area contributed by atoms with Gasteiger partial charge in [0, 0.05) is 17.0 Å². The Morgan fingerprint density at radius 2 is 2.21 bits per heavy atom. The minimum Gasteiger partial charge on any atom is -0.497 e. The molecule has 3 nitrogen and oxygen atoms in total. The Hall–Kier alpha value is -0.740. The second-order valence-corrected chi connectivity index (χ2v) is 5.89. The van der Waals surface area contributed by atoms with Gasteiger partial charge in [0.1, 0.15) is 11.5 Å². The van der Waals surface area contributed by atoms with E-state index in [9.17, 15) is 0 Å². The highest BCUT2D eigenvalue weighted by atomic mass is 79.9. The second kappa shape index (κ2) is 7.15. The summed E-state index contributed by atoms with van der Waals surface area (Å²) in [4.78, 5) is 0.266. The summed E-state index contributed by atoms with van der Waals surface area (Å²) in [5.41, 5.74) is 1.14. The quantitative estimate of drug-likeness (QED) is 0.736. The fourth-order valence-corrected chi connectivity index (χ4v) is 3.07. The lowest BCUT2D eigenvalue weighted by Crippen LogP contribution is -2.06. The molecule has 2 unspecified atom stereocenters. The molecule has 1 saturated heterocycles. The minimum atomic E-state index is 0.266. The van der Waals surface area contributed by atoms with Gasteiger partial charge < -0.3 is 14.2 Å². The maximum absolute atomic E-state index is 5.66. The van der Waals surface area contributed by atoms with E-state index in [0.29, 0.717) is 6.10 Å². The van der Waals surface area contributed by atoms with Crippen LogP contribution in [0.2, 0.25) is 0 Å². The third-order valence-electron chi connectivity index (χ3n) is 3.54. The molecule has 2 rings (SSSR count). The molecule has 0 bridgehead atoms. The minimum absolute atomic E-state index is 0.266. The fraction of sp³-hybridized carbons (Fsp3) is 0.600. The van der Waals surface area contributed by atoms with Gasteiger partial charge in [0.25, 0.3) is 0 Å². The van der Waals surface area contributed by atoms with Crippen LogP contribution in [0.25, 0.3) is 0 Å². The average molecular weight is 329 g/mol. The number of benzene rings is 1. The van der Waals surface area contributed by atoms with E-state index < -0.39 is 0 Å². The van der Waals surface area contributed by atoms with Crippen molar-refractivity contribution in [3.05, 3.63) is 23.8 Å². The van der Waals surface area contributed by atoms with E-state index in [1.165, 1.54) is 12.8 Å². The highest BCUT2D eigenvalue weighted by Gasteiger charge is 2.19. The number of ether oxygens (including phenoxy) is 3. The monoisotopic (exact) mass is 328 g/mol. The summed E-state index contributed by atoms with van der Waals surface area (Å²) in [6.45, 7) is 0.917. The molecule has 1 heterocycles. The highest BCUT2D eigenvalue weighted by molar-refractivity contribution is 9.09. The summed E-state index contributed by atoms with van der Waals surface area (Å²) >= 11 is 3.76. The van der Waals surface area contributed by atoms with Crippen LogP contribution in [0.5, 0.6) is 11.5 Å². The van der Waals surface area contributed by atoms with Gasteiger partial charge in [-0.1, -0.05) is 15.9 Å². The van der Waals surface area contributed by atoms with E-state index in [1.807, 2.05) is 18.2 Å². The van der Waals surface area contributed by atoms with Crippen molar-refractivity contribution in [3.63, 3.8) is 0 Å². The summed E-state index contributed by atoms with van der Waals surface area (Å²) in [6, 6.07) is 5.91. The molecule has 4 heteroatoms. The Balaban J connectivity index is 2.01. The summed E-state index contributed by atoms with van der Waals surface area (Å²) in [5.74, 6) is 1.76. The van der Waals surface area contributed by atoms with Crippen LogP contribution in [0, 0.1) is 0 Å². The van der Waals surface area contributed by atoms with Gasteiger partial charge in [-0.3, -0.25) is 0 Å². The molecular weight excluding hydrogens is 308 g/mol. The van der Waals surface area contributed by atoms with E-state index in [4.69, 9.17) is 14.2 Å². The first-order valence-corrected chi connectivity index (χ1v) is 7.63. The van der Waals surface area contributed by atoms with Crippen LogP contribution in [0.1, 0.15) is 36.1 Å². The van der Waals surface area contributed by atoms with Crippen LogP contribution >= 0.6 is 15.9 Å². The van der Waals surface area contributed by atoms with Crippen molar-refractivity contribution in [2.45, 2.75) is 36.6 Å². The number of rotatable bonds is 6. The maximum Gasteiger partial charge on any atom is 0.123 e. The molecule has 1 aliphatic heterocycles. The van der Waals surface area contributed by atoms with Crippen LogP contribution in [0.15, 0.2) is 18.2 Å². The van der Waals surface area contributed by atoms with Gasteiger partial charge in [-0.05, 0) is 43.9 Å². The number of hydrogen-bond acceptors (Lipinski definition) is 3. The highest BCUT2D eigenvalue weighted by Crippen LogP contribution is 2.37. The standard InChI is InChI=1S/C15H21BrO3/c1-17-12-6-8-15(18-2)13(10-12)14(16)7-5-11-4-3-9-19-11/h6,8,10-11,14H,3-5,7,9H2,1-2H3. The Morgan fingerprint density at radius 1 is 1.37 bits per heavy atom. The second-order valence-electron chi connectivity index (χ2n) is 4.79. The molecule has 0 spiro atoms. The fourth-order valence-electron chi connectivity index (χ4n) is 2.44. The third-order valence-corrected chi connectivity index (χ3v) is 4.49. The lowest BCUT2D eigenvalue weighted by molar-refractivity contribution is 0.102. The molecule has 2 atom stereocenters. The maximum atomic E-state index is 5.66. The number of halogens is 1. The summed E-state index contributed by atoms with van der Waals surface area (Å²) < 4.78 is 16.4. The summed E-state index contributed by atoms with van der Waals surface area (Å²) in [6.07, 6.45) is 4.93. The molecule has 0 amide bonds. The first kappa shape index (κ1) is 14.7. The van der Waals surface area contributed by atoms with E-state index in [0.717, 1.165) is 36.5 Å². The van der Waals surface area contributed by atoms with Gasteiger partial charge in [-0.25, -0.2) is 0 Å². The zero-order valence-corrected chi connectivity index (χ0v) is 13.1. The smallest absolute Gasteiger partial charge is 0.123 e. The summed E-state index contributed by atoms with van der Waals surface area (Å²) in [5, 5.41) is 0. The molecule has 0 aromatic heterocycles. The van der Waals surface area contributed by atoms with Crippen molar-refractivity contribution in [1.82, 2.24) is 0 Å². The molecule has 1 aromatic carbocycles. The molecule has 0 N–H and O–H groups in total. The molecule has 19 heavy (non-hydrogen) atoms. The predicted molar refractivity (Wildman–Crippen MR) is 79.4 cm³/mol. The van der Waals surface area contributed by atoms with Crippen molar-refractivity contribution < 1.29 is 14.2 Å². The van der Waals surface area contributed by atoms with E-state index in [2.05, 4.69) is 15.9 Å². The van der Waals surface area contributed by atoms with Crippen molar-refractivity contribution in [2.24, 2.45) is 0 Å². The van der Waals surface area contributed by atoms with Crippen molar-refractivity contribution in [2.75, 3.05) is 20.8 Å². The molecule has 0 radical (unpaired) electrons. The lowest BCUT2D eigenvalue weighted by Gasteiger charge is -2.17. The van der Waals surface area contributed by atoms with Gasteiger partial charge in [0.05, 0.1) is 20.3 Å². The third kappa shape index (κ3) is 3.86. The first-order valence-electron chi connectivity index (χ1n) is 6.72. The molecular formula is C15H21BrO3. The van der Waals surface area contributed by atoms with E-state index >= 15 is 0 Å². The van der Waals surface area contributed by atoms with E-state index in [1.54, 1.807) is 14.2 Å². The molecule has 0 saturated carbocycles. The van der Waals surface area contributed by atoms with Gasteiger partial charge in [-0.2, -0.15) is 0 Å². The molecule has 1 fully saturated rings. The van der Waals surface area contributed by atoms with Crippen LogP contribution in [0.4, 0.5) is 0 Å². The number of hydrogen-bond donors (Lipinski definition) is 0. The zero-order chi connectivity index (χ0) is 13.7. The molecule has 0 aliphatic carbocycles. The SMILES string of the molecule is COc1ccc(OC)c(C(Br)CCC2CCCO2)c1. The predicted octanol–water partition coefficient (Wildman–Crippen LogP) is 4.10. The van der Waals surface area contributed by atoms with Crippen molar-refractivity contribution >= 4 is 15.9 Å². The Kier molecular flexibility index (Phi) is 5.52. The topological polar surface area (TPSA) is 27.7 Å². The first-order chi connectivity index (χ1) is 9.24. The van der Waals surface area contributed by atoms with Crippen LogP contribution < -0.4 is 9.47 Å². The van der Waals surface area contributed by atoms with Gasteiger partial charge in [0.2, 0.25) is 0 Å². The van der Waals surface area contributed by atoms with Gasteiger partial charge >= 0.3 is 0 Å². The summed E-state index contributed by atoms with van der Waals surface area (Å²) in [7, 11) is 3.38. The zero-order valence-electron chi connectivity index (χ0n) is 11.5. The average Bonchev–Trinajstić information content (AvgIpc) is 2.97. The van der Waals surface area contributed by atoms with Crippen molar-refractivity contribution in [3.8, 4) is 11.5 Å². The molecule has 1 aliphatic rings. The van der Waals surface area contributed by atoms with Crippen LogP contribution in [-0.4, -0.2) is 26.9 Å². The van der Waals surface area contributed by atoms with Crippen molar-refractivity contribution in [1.29, 1.82) is 0 Å². The number of methoxy groups -OCH3 is 2. The molecule has 106 valence electrons. The molecule has 1 aromatic rings. The largest absolute Gasteiger partial charge is 0.497 e. The Labute approximate surface area is 123 Å². The normalized spacial score (nSPS) is 20.3. The lowest BCUT2D eigenvalue weighted by atomic mass is 10.0. The Bertz CT molecular complexity index is 402. The van der Waals surface area contributed by atoms with E-state index in [-0.39, 0.29) is 4.83 Å². The number of alkyl halides is 1. The van der Waals surface area contributed by atoms with Crippen LogP contribution in [0.3, 0.4) is 0 Å². The van der Waals surface area contributed by atoms with Gasteiger partial charge in [-0.15, -0.1) is 0 Å². The van der Waals surface area contributed by atoms with Gasteiger partial charge in [0.15, 0.2) is 0 Å². The van der Waals surface area contributed by atoms with Crippen LogP contribution in [-0.2, 0) is 4.74 Å². The Morgan fingerprint density at radius 3 is 2.84 bits per heavy atom.